The Balaban J connectivity index is 1.46. The van der Waals surface area contributed by atoms with Gasteiger partial charge in [-0.05, 0) is 47.2 Å². The maximum Gasteiger partial charge on any atom is 0.165 e. The second-order valence-electron chi connectivity index (χ2n) is 12.2. The summed E-state index contributed by atoms with van der Waals surface area (Å²) in [6.07, 6.45) is 0. The molecule has 0 N–H and O–H groups in total. The molecule has 0 aliphatic carbocycles. The summed E-state index contributed by atoms with van der Waals surface area (Å²) in [6, 6.07) is 52.0. The van der Waals surface area contributed by atoms with Gasteiger partial charge in [-0.3, -0.25) is 4.57 Å². The Morgan fingerprint density at radius 2 is 1.04 bits per heavy atom. The van der Waals surface area contributed by atoms with Crippen LogP contribution in [0.5, 0.6) is 0 Å². The first-order valence-electron chi connectivity index (χ1n) is 15.7. The van der Waals surface area contributed by atoms with Crippen LogP contribution in [0.3, 0.4) is 0 Å². The highest BCUT2D eigenvalue weighted by atomic mass is 15.1. The lowest BCUT2D eigenvalue weighted by Gasteiger charge is -2.14. The van der Waals surface area contributed by atoms with Crippen LogP contribution < -0.4 is 0 Å². The fourth-order valence-electron chi connectivity index (χ4n) is 7.92. The Morgan fingerprint density at radius 3 is 1.87 bits per heavy atom. The minimum Gasteiger partial charge on any atom is -0.308 e. The molecule has 0 atom stereocenters. The van der Waals surface area contributed by atoms with Gasteiger partial charge in [0.25, 0.3) is 0 Å². The van der Waals surface area contributed by atoms with Crippen molar-refractivity contribution in [2.24, 2.45) is 0 Å². The Labute approximate surface area is 262 Å². The highest BCUT2D eigenvalue weighted by molar-refractivity contribution is 6.37. The highest BCUT2D eigenvalue weighted by Crippen LogP contribution is 2.48. The number of hydrogen-bond donors (Lipinski definition) is 0. The average molecular weight is 585 g/mol. The number of hydrogen-bond acceptors (Lipinski definition) is 2. The van der Waals surface area contributed by atoms with E-state index in [0.717, 1.165) is 39.1 Å². The fourth-order valence-corrected chi connectivity index (χ4v) is 7.92. The van der Waals surface area contributed by atoms with Crippen LogP contribution in [0, 0.1) is 0 Å². The van der Waals surface area contributed by atoms with Crippen LogP contribution in [0.25, 0.3) is 98.8 Å². The summed E-state index contributed by atoms with van der Waals surface area (Å²) < 4.78 is 4.87. The van der Waals surface area contributed by atoms with Crippen molar-refractivity contribution >= 4 is 81.7 Å². The van der Waals surface area contributed by atoms with Crippen molar-refractivity contribution in [2.75, 3.05) is 0 Å². The molecule has 0 unspecified atom stereocenters. The first-order valence-corrected chi connectivity index (χ1v) is 15.7. The lowest BCUT2D eigenvalue weighted by atomic mass is 9.99. The van der Waals surface area contributed by atoms with Crippen molar-refractivity contribution in [2.45, 2.75) is 0 Å². The van der Waals surface area contributed by atoms with Gasteiger partial charge in [-0.2, -0.15) is 0 Å². The average Bonchev–Trinajstić information content (AvgIpc) is 3.76. The maximum absolute atomic E-state index is 5.42. The molecule has 46 heavy (non-hydrogen) atoms. The van der Waals surface area contributed by atoms with Gasteiger partial charge >= 0.3 is 0 Å². The molecule has 4 heteroatoms. The molecule has 0 saturated heterocycles. The standard InChI is InChI=1S/C42H24N4/c1-2-13-26(14-3-1)39-42(44-33-19-9-8-18-32(33)43-39)46-35-21-11-7-17-29(35)31-24-30-28-16-6-10-20-34(28)45-36-23-22-25-12-4-5-15-27(25)37(36)38(40(30)45)41(31)46/h1-24H. The molecule has 0 aliphatic rings. The fraction of sp³-hybridized carbons (Fsp3) is 0. The number of aromatic nitrogens is 4. The SMILES string of the molecule is c1ccc(-c2nc3ccccc3nc2-n2c3ccccc3c3cc4c5ccccc5n5c6ccc7ccccc7c6c(c32)c45)cc1. The summed E-state index contributed by atoms with van der Waals surface area (Å²) in [5.41, 5.74) is 9.64. The topological polar surface area (TPSA) is 35.1 Å². The van der Waals surface area contributed by atoms with Crippen LogP contribution in [-0.2, 0) is 0 Å². The van der Waals surface area contributed by atoms with Crippen LogP contribution in [0.15, 0.2) is 146 Å². The van der Waals surface area contributed by atoms with E-state index < -0.39 is 0 Å². The quantitative estimate of drug-likeness (QED) is 0.203. The summed E-state index contributed by atoms with van der Waals surface area (Å²) in [6.45, 7) is 0. The van der Waals surface area contributed by atoms with E-state index in [0.29, 0.717) is 0 Å². The van der Waals surface area contributed by atoms with Crippen LogP contribution in [0.1, 0.15) is 0 Å². The molecule has 0 radical (unpaired) electrons. The zero-order valence-electron chi connectivity index (χ0n) is 24.6. The van der Waals surface area contributed by atoms with E-state index in [4.69, 9.17) is 9.97 Å². The molecule has 11 rings (SSSR count). The van der Waals surface area contributed by atoms with E-state index in [-0.39, 0.29) is 0 Å². The molecule has 4 heterocycles. The lowest BCUT2D eigenvalue weighted by molar-refractivity contribution is 1.08. The van der Waals surface area contributed by atoms with E-state index in [1.54, 1.807) is 0 Å². The van der Waals surface area contributed by atoms with Gasteiger partial charge in [-0.15, -0.1) is 0 Å². The van der Waals surface area contributed by atoms with Crippen molar-refractivity contribution in [1.29, 1.82) is 0 Å². The molecule has 0 saturated carbocycles. The smallest absolute Gasteiger partial charge is 0.165 e. The van der Waals surface area contributed by atoms with E-state index in [2.05, 4.69) is 136 Å². The molecule has 0 amide bonds. The molecular formula is C42H24N4. The Hall–Kier alpha value is -6.26. The van der Waals surface area contributed by atoms with E-state index in [1.807, 2.05) is 18.2 Å². The summed E-state index contributed by atoms with van der Waals surface area (Å²) in [7, 11) is 0. The Kier molecular flexibility index (Phi) is 4.55. The zero-order valence-corrected chi connectivity index (χ0v) is 24.6. The largest absolute Gasteiger partial charge is 0.308 e. The third-order valence-corrected chi connectivity index (χ3v) is 9.80. The Bertz CT molecular complexity index is 3020. The Morgan fingerprint density at radius 1 is 0.413 bits per heavy atom. The molecule has 0 spiro atoms. The molecule has 4 aromatic heterocycles. The molecule has 11 aromatic rings. The summed E-state index contributed by atoms with van der Waals surface area (Å²) in [5.74, 6) is 0.836. The first-order chi connectivity index (χ1) is 22.8. The summed E-state index contributed by atoms with van der Waals surface area (Å²) in [5, 5.41) is 9.98. The van der Waals surface area contributed by atoms with Crippen LogP contribution in [-0.4, -0.2) is 18.9 Å². The van der Waals surface area contributed by atoms with Crippen molar-refractivity contribution in [1.82, 2.24) is 18.9 Å². The van der Waals surface area contributed by atoms with Crippen LogP contribution >= 0.6 is 0 Å². The van der Waals surface area contributed by atoms with Gasteiger partial charge in [0.2, 0.25) is 0 Å². The van der Waals surface area contributed by atoms with Gasteiger partial charge in [-0.1, -0.05) is 109 Å². The van der Waals surface area contributed by atoms with Crippen LogP contribution in [0.2, 0.25) is 0 Å². The molecule has 4 nitrogen and oxygen atoms in total. The number of para-hydroxylation sites is 4. The number of nitrogens with zero attached hydrogens (tertiary/aromatic N) is 4. The second kappa shape index (κ2) is 8.68. The van der Waals surface area contributed by atoms with Gasteiger partial charge in [0.1, 0.15) is 5.69 Å². The van der Waals surface area contributed by atoms with Gasteiger partial charge in [-0.25, -0.2) is 9.97 Å². The van der Waals surface area contributed by atoms with Gasteiger partial charge in [0.15, 0.2) is 5.82 Å². The van der Waals surface area contributed by atoms with Crippen LogP contribution in [0.4, 0.5) is 0 Å². The number of benzene rings is 7. The lowest BCUT2D eigenvalue weighted by Crippen LogP contribution is -2.04. The highest BCUT2D eigenvalue weighted by Gasteiger charge is 2.27. The molecule has 7 aromatic carbocycles. The van der Waals surface area contributed by atoms with Gasteiger partial charge in [0.05, 0.1) is 38.6 Å². The normalized spacial score (nSPS) is 12.3. The van der Waals surface area contributed by atoms with Crippen molar-refractivity contribution in [3.8, 4) is 17.1 Å². The molecule has 0 aliphatic heterocycles. The van der Waals surface area contributed by atoms with Crippen molar-refractivity contribution < 1.29 is 0 Å². The minimum atomic E-state index is 0.836. The van der Waals surface area contributed by atoms with E-state index >= 15 is 0 Å². The van der Waals surface area contributed by atoms with Crippen molar-refractivity contribution in [3.63, 3.8) is 0 Å². The maximum atomic E-state index is 5.42. The molecule has 212 valence electrons. The predicted molar refractivity (Wildman–Crippen MR) is 191 cm³/mol. The molecule has 0 bridgehead atoms. The zero-order chi connectivity index (χ0) is 29.9. The number of rotatable bonds is 2. The van der Waals surface area contributed by atoms with Crippen molar-refractivity contribution in [3.05, 3.63) is 146 Å². The number of fused-ring (bicyclic) bond motifs is 13. The summed E-state index contributed by atoms with van der Waals surface area (Å²) in [4.78, 5) is 10.7. The second-order valence-corrected chi connectivity index (χ2v) is 12.2. The monoisotopic (exact) mass is 584 g/mol. The summed E-state index contributed by atoms with van der Waals surface area (Å²) >= 11 is 0. The molecule has 0 fully saturated rings. The first kappa shape index (κ1) is 24.1. The third-order valence-electron chi connectivity index (χ3n) is 9.80. The minimum absolute atomic E-state index is 0.836. The molecular weight excluding hydrogens is 560 g/mol. The predicted octanol–water partition coefficient (Wildman–Crippen LogP) is 10.7. The van der Waals surface area contributed by atoms with Gasteiger partial charge in [0, 0.05) is 37.9 Å². The van der Waals surface area contributed by atoms with Gasteiger partial charge < -0.3 is 4.40 Å². The van der Waals surface area contributed by atoms with E-state index in [1.165, 1.54) is 59.6 Å². The third kappa shape index (κ3) is 2.98. The van der Waals surface area contributed by atoms with E-state index in [9.17, 15) is 0 Å².